The van der Waals surface area contributed by atoms with E-state index in [9.17, 15) is 4.79 Å². The van der Waals surface area contributed by atoms with Crippen molar-refractivity contribution in [1.82, 2.24) is 15.6 Å². The Morgan fingerprint density at radius 3 is 2.78 bits per heavy atom. The third kappa shape index (κ3) is 3.90. The lowest BCUT2D eigenvalue weighted by molar-refractivity contribution is 0.0946. The van der Waals surface area contributed by atoms with Crippen molar-refractivity contribution in [2.45, 2.75) is 25.3 Å². The number of nitrogens with one attached hydrogen (secondary N) is 2. The number of hydrogen-bond donors (Lipinski definition) is 2. The lowest BCUT2D eigenvalue weighted by Crippen LogP contribution is -2.27. The van der Waals surface area contributed by atoms with Gasteiger partial charge in [0, 0.05) is 12.5 Å². The van der Waals surface area contributed by atoms with E-state index in [0.29, 0.717) is 24.0 Å². The molecule has 1 amide bonds. The van der Waals surface area contributed by atoms with Gasteiger partial charge in [-0.2, -0.15) is 0 Å². The fourth-order valence-electron chi connectivity index (χ4n) is 2.66. The highest BCUT2D eigenvalue weighted by Crippen LogP contribution is 2.24. The minimum absolute atomic E-state index is 0.218. The molecule has 1 fully saturated rings. The number of hydrogen-bond acceptors (Lipinski definition) is 5. The molecule has 1 aromatic carbocycles. The highest BCUT2D eigenvalue weighted by Gasteiger charge is 2.21. The van der Waals surface area contributed by atoms with Gasteiger partial charge in [0.05, 0.1) is 7.11 Å². The van der Waals surface area contributed by atoms with E-state index in [-0.39, 0.29) is 5.91 Å². The molecule has 2 N–H and O–H groups in total. The lowest BCUT2D eigenvalue weighted by atomic mass is 9.98. The fraction of sp³-hybridized carbons (Fsp3) is 0.412. The van der Waals surface area contributed by atoms with Gasteiger partial charge in [-0.15, -0.1) is 0 Å². The summed E-state index contributed by atoms with van der Waals surface area (Å²) < 4.78 is 10.6. The number of amides is 1. The Kier molecular flexibility index (Phi) is 4.92. The highest BCUT2D eigenvalue weighted by atomic mass is 16.5. The van der Waals surface area contributed by atoms with Crippen LogP contribution >= 0.6 is 0 Å². The van der Waals surface area contributed by atoms with Crippen LogP contribution in [0.2, 0.25) is 0 Å². The molecule has 0 aliphatic carbocycles. The van der Waals surface area contributed by atoms with Crippen molar-refractivity contribution < 1.29 is 13.9 Å². The molecule has 1 aliphatic rings. The molecule has 23 heavy (non-hydrogen) atoms. The van der Waals surface area contributed by atoms with Gasteiger partial charge in [-0.1, -0.05) is 12.1 Å². The molecular formula is C17H21N3O3. The number of carbonyl (C=O) groups is 1. The summed E-state index contributed by atoms with van der Waals surface area (Å²) in [4.78, 5) is 16.5. The number of carbonyl (C=O) groups excluding carboxylic acids is 1. The van der Waals surface area contributed by atoms with Crippen molar-refractivity contribution >= 4 is 5.91 Å². The Morgan fingerprint density at radius 1 is 1.35 bits per heavy atom. The predicted octanol–water partition coefficient (Wildman–Crippen LogP) is 2.08. The topological polar surface area (TPSA) is 76.4 Å². The van der Waals surface area contributed by atoms with Crippen molar-refractivity contribution in [2.75, 3.05) is 20.2 Å². The van der Waals surface area contributed by atoms with Gasteiger partial charge in [0.25, 0.3) is 5.91 Å². The normalized spacial score (nSPS) is 15.3. The Morgan fingerprint density at radius 2 is 2.09 bits per heavy atom. The first-order chi connectivity index (χ1) is 11.3. The maximum Gasteiger partial charge on any atom is 0.273 e. The average molecular weight is 315 g/mol. The van der Waals surface area contributed by atoms with Crippen LogP contribution in [0.1, 0.15) is 40.7 Å². The van der Waals surface area contributed by atoms with Crippen molar-refractivity contribution in [3.63, 3.8) is 0 Å². The SMILES string of the molecule is COc1ccc(CNC(=O)c2coc(C3CCNCC3)n2)cc1. The summed E-state index contributed by atoms with van der Waals surface area (Å²) in [6.45, 7) is 2.37. The van der Waals surface area contributed by atoms with Crippen LogP contribution in [0.4, 0.5) is 0 Å². The van der Waals surface area contributed by atoms with Gasteiger partial charge in [0.2, 0.25) is 0 Å². The summed E-state index contributed by atoms with van der Waals surface area (Å²) in [6.07, 6.45) is 3.43. The summed E-state index contributed by atoms with van der Waals surface area (Å²) in [5, 5.41) is 6.16. The Bertz CT molecular complexity index is 645. The van der Waals surface area contributed by atoms with Crippen LogP contribution in [0.15, 0.2) is 34.9 Å². The molecule has 0 unspecified atom stereocenters. The van der Waals surface area contributed by atoms with Gasteiger partial charge >= 0.3 is 0 Å². The van der Waals surface area contributed by atoms with Crippen LogP contribution in [0.25, 0.3) is 0 Å². The van der Waals surface area contributed by atoms with E-state index in [2.05, 4.69) is 15.6 Å². The zero-order chi connectivity index (χ0) is 16.1. The average Bonchev–Trinajstić information content (AvgIpc) is 3.11. The monoisotopic (exact) mass is 315 g/mol. The summed E-state index contributed by atoms with van der Waals surface area (Å²) in [7, 11) is 1.63. The maximum absolute atomic E-state index is 12.2. The molecule has 1 aliphatic heterocycles. The summed E-state index contributed by atoms with van der Waals surface area (Å²) in [5.41, 5.74) is 1.34. The molecule has 0 radical (unpaired) electrons. The van der Waals surface area contributed by atoms with Crippen LogP contribution < -0.4 is 15.4 Å². The molecule has 0 bridgehead atoms. The van der Waals surface area contributed by atoms with Crippen LogP contribution in [0.3, 0.4) is 0 Å². The number of rotatable bonds is 5. The molecule has 2 heterocycles. The standard InChI is InChI=1S/C17H21N3O3/c1-22-14-4-2-12(3-5-14)10-19-16(21)15-11-23-17(20-15)13-6-8-18-9-7-13/h2-5,11,13,18H,6-10H2,1H3,(H,19,21). The smallest absolute Gasteiger partial charge is 0.273 e. The van der Waals surface area contributed by atoms with Crippen LogP contribution in [0.5, 0.6) is 5.75 Å². The third-order valence-corrected chi connectivity index (χ3v) is 4.06. The molecule has 1 saturated heterocycles. The van der Waals surface area contributed by atoms with Crippen molar-refractivity contribution in [3.8, 4) is 5.75 Å². The predicted molar refractivity (Wildman–Crippen MR) is 85.5 cm³/mol. The van der Waals surface area contributed by atoms with Crippen molar-refractivity contribution in [2.24, 2.45) is 0 Å². The molecule has 122 valence electrons. The van der Waals surface area contributed by atoms with Gasteiger partial charge in [-0.25, -0.2) is 4.98 Å². The van der Waals surface area contributed by atoms with E-state index in [1.807, 2.05) is 24.3 Å². The Labute approximate surface area is 135 Å². The first kappa shape index (κ1) is 15.6. The summed E-state index contributed by atoms with van der Waals surface area (Å²) in [5.74, 6) is 1.55. The summed E-state index contributed by atoms with van der Waals surface area (Å²) in [6, 6.07) is 7.57. The van der Waals surface area contributed by atoms with Gasteiger partial charge in [0.15, 0.2) is 11.6 Å². The fourth-order valence-corrected chi connectivity index (χ4v) is 2.66. The van der Waals surface area contributed by atoms with Crippen molar-refractivity contribution in [1.29, 1.82) is 0 Å². The highest BCUT2D eigenvalue weighted by molar-refractivity contribution is 5.91. The van der Waals surface area contributed by atoms with E-state index in [4.69, 9.17) is 9.15 Å². The largest absolute Gasteiger partial charge is 0.497 e. The van der Waals surface area contributed by atoms with E-state index in [1.165, 1.54) is 6.26 Å². The first-order valence-electron chi connectivity index (χ1n) is 7.83. The Balaban J connectivity index is 1.56. The molecule has 6 heteroatoms. The molecule has 0 spiro atoms. The van der Waals surface area contributed by atoms with Gasteiger partial charge < -0.3 is 19.8 Å². The van der Waals surface area contributed by atoms with E-state index >= 15 is 0 Å². The number of benzene rings is 1. The molecule has 2 aromatic rings. The van der Waals surface area contributed by atoms with E-state index in [0.717, 1.165) is 37.2 Å². The second kappa shape index (κ2) is 7.28. The zero-order valence-corrected chi connectivity index (χ0v) is 13.2. The van der Waals surface area contributed by atoms with Gasteiger partial charge in [0.1, 0.15) is 12.0 Å². The minimum Gasteiger partial charge on any atom is -0.497 e. The minimum atomic E-state index is -0.218. The second-order valence-electron chi connectivity index (χ2n) is 5.63. The molecule has 6 nitrogen and oxygen atoms in total. The molecular weight excluding hydrogens is 294 g/mol. The number of aromatic nitrogens is 1. The quantitative estimate of drug-likeness (QED) is 0.883. The Hall–Kier alpha value is -2.34. The number of piperidine rings is 1. The summed E-state index contributed by atoms with van der Waals surface area (Å²) >= 11 is 0. The van der Waals surface area contributed by atoms with Crippen LogP contribution in [-0.2, 0) is 6.54 Å². The number of nitrogens with zero attached hydrogens (tertiary/aromatic N) is 1. The molecule has 1 aromatic heterocycles. The van der Waals surface area contributed by atoms with E-state index in [1.54, 1.807) is 7.11 Å². The number of ether oxygens (including phenoxy) is 1. The van der Waals surface area contributed by atoms with E-state index < -0.39 is 0 Å². The second-order valence-corrected chi connectivity index (χ2v) is 5.63. The van der Waals surface area contributed by atoms with Crippen molar-refractivity contribution in [3.05, 3.63) is 47.7 Å². The molecule has 0 atom stereocenters. The van der Waals surface area contributed by atoms with Gasteiger partial charge in [-0.3, -0.25) is 4.79 Å². The zero-order valence-electron chi connectivity index (χ0n) is 13.2. The van der Waals surface area contributed by atoms with Gasteiger partial charge in [-0.05, 0) is 43.6 Å². The van der Waals surface area contributed by atoms with Crippen LogP contribution in [-0.4, -0.2) is 31.1 Å². The maximum atomic E-state index is 12.2. The first-order valence-corrected chi connectivity index (χ1v) is 7.83. The number of oxazole rings is 1. The molecule has 3 rings (SSSR count). The lowest BCUT2D eigenvalue weighted by Gasteiger charge is -2.19. The van der Waals surface area contributed by atoms with Crippen LogP contribution in [0, 0.1) is 0 Å². The third-order valence-electron chi connectivity index (χ3n) is 4.06. The molecule has 0 saturated carbocycles. The number of methoxy groups -OCH3 is 1.